The van der Waals surface area contributed by atoms with Gasteiger partial charge < -0.3 is 4.84 Å². The second-order valence-corrected chi connectivity index (χ2v) is 9.71. The third kappa shape index (κ3) is 4.53. The fourth-order valence-electron chi connectivity index (χ4n) is 3.92. The third-order valence-electron chi connectivity index (χ3n) is 4.71. The van der Waals surface area contributed by atoms with Gasteiger partial charge in [0.25, 0.3) is 33.7 Å². The van der Waals surface area contributed by atoms with Crippen LogP contribution in [0.2, 0.25) is 0 Å². The van der Waals surface area contributed by atoms with Crippen LogP contribution in [0.5, 0.6) is 0 Å². The molecular weight excluding hydrogens is 408 g/mol. The van der Waals surface area contributed by atoms with E-state index in [-0.39, 0.29) is 24.3 Å². The first-order chi connectivity index (χ1) is 13.1. The minimum Gasteiger partial charge on any atom is -0.329 e. The fourth-order valence-corrected chi connectivity index (χ4v) is 5.10. The van der Waals surface area contributed by atoms with Crippen LogP contribution in [-0.2, 0) is 38.9 Å². The highest BCUT2D eigenvalue weighted by Crippen LogP contribution is 2.39. The molecule has 0 bridgehead atoms. The summed E-state index contributed by atoms with van der Waals surface area (Å²) in [6.07, 6.45) is 1.53. The molecule has 0 aromatic rings. The summed E-state index contributed by atoms with van der Waals surface area (Å²) in [4.78, 5) is 65.4. The van der Waals surface area contributed by atoms with Crippen molar-refractivity contribution in [3.8, 4) is 0 Å². The van der Waals surface area contributed by atoms with Crippen molar-refractivity contribution in [1.29, 1.82) is 0 Å². The van der Waals surface area contributed by atoms with E-state index in [0.29, 0.717) is 0 Å². The average molecular weight is 430 g/mol. The molecule has 0 saturated carbocycles. The Kier molecular flexibility index (Phi) is 5.74. The highest BCUT2D eigenvalue weighted by Gasteiger charge is 2.52. The smallest absolute Gasteiger partial charge is 0.329 e. The highest BCUT2D eigenvalue weighted by atomic mass is 32.2. The van der Waals surface area contributed by atoms with E-state index < -0.39 is 55.9 Å². The van der Waals surface area contributed by atoms with E-state index in [1.807, 2.05) is 0 Å². The highest BCUT2D eigenvalue weighted by molar-refractivity contribution is 7.87. The number of carbonyl (C=O) groups is 5. The summed E-state index contributed by atoms with van der Waals surface area (Å²) >= 11 is 0. The Labute approximate surface area is 167 Å². The van der Waals surface area contributed by atoms with Crippen molar-refractivity contribution in [2.45, 2.75) is 57.7 Å². The number of hydrogen-bond donors (Lipinski definition) is 1. The standard InChI is InChI=1S/C17H22N2O9S/c1-16(2,9-17(3,4)18-10(20)5-6-11(18)21)14(29(25,26)27)15(24)28-19-12(22)7-8-13(19)23/h5-6,14H,7-9H2,1-4H3,(H,25,26,27). The third-order valence-corrected chi connectivity index (χ3v) is 6.14. The van der Waals surface area contributed by atoms with E-state index in [4.69, 9.17) is 0 Å². The molecule has 0 spiro atoms. The van der Waals surface area contributed by atoms with Crippen molar-refractivity contribution >= 4 is 39.7 Å². The summed E-state index contributed by atoms with van der Waals surface area (Å²) in [6.45, 7) is 5.63. The summed E-state index contributed by atoms with van der Waals surface area (Å²) < 4.78 is 33.7. The molecule has 1 unspecified atom stereocenters. The minimum absolute atomic E-state index is 0.180. The number of rotatable bonds is 7. The minimum atomic E-state index is -5.05. The summed E-state index contributed by atoms with van der Waals surface area (Å²) in [6, 6.07) is 0. The van der Waals surface area contributed by atoms with Crippen molar-refractivity contribution in [1.82, 2.24) is 9.96 Å². The second-order valence-electron chi connectivity index (χ2n) is 8.21. The molecular formula is C17H22N2O9S. The van der Waals surface area contributed by atoms with Crippen molar-refractivity contribution in [3.05, 3.63) is 12.2 Å². The predicted octanol–water partition coefficient (Wildman–Crippen LogP) is -0.0301. The zero-order chi connectivity index (χ0) is 22.4. The van der Waals surface area contributed by atoms with E-state index in [1.54, 1.807) is 0 Å². The molecule has 0 aromatic carbocycles. The molecule has 29 heavy (non-hydrogen) atoms. The molecule has 2 rings (SSSR count). The monoisotopic (exact) mass is 430 g/mol. The zero-order valence-corrected chi connectivity index (χ0v) is 17.2. The van der Waals surface area contributed by atoms with Gasteiger partial charge in [0.2, 0.25) is 0 Å². The van der Waals surface area contributed by atoms with Gasteiger partial charge in [-0.1, -0.05) is 13.8 Å². The van der Waals surface area contributed by atoms with Crippen LogP contribution in [0, 0.1) is 5.41 Å². The first-order valence-electron chi connectivity index (χ1n) is 8.68. The number of hydroxylamine groups is 2. The lowest BCUT2D eigenvalue weighted by Gasteiger charge is -2.41. The second kappa shape index (κ2) is 7.34. The molecule has 12 heteroatoms. The maximum Gasteiger partial charge on any atom is 0.354 e. The van der Waals surface area contributed by atoms with Gasteiger partial charge in [-0.05, 0) is 25.7 Å². The molecule has 1 atom stereocenters. The summed E-state index contributed by atoms with van der Waals surface area (Å²) in [7, 11) is -5.05. The van der Waals surface area contributed by atoms with Crippen LogP contribution in [-0.4, -0.2) is 63.3 Å². The maximum absolute atomic E-state index is 12.6. The molecule has 1 fully saturated rings. The number of carbonyl (C=O) groups excluding carboxylic acids is 5. The first kappa shape index (κ1) is 22.7. The fraction of sp³-hybridized carbons (Fsp3) is 0.588. The van der Waals surface area contributed by atoms with Crippen LogP contribution >= 0.6 is 0 Å². The summed E-state index contributed by atoms with van der Waals surface area (Å²) in [5, 5.41) is -2.00. The van der Waals surface area contributed by atoms with Crippen molar-refractivity contribution in [3.63, 3.8) is 0 Å². The predicted molar refractivity (Wildman–Crippen MR) is 96.0 cm³/mol. The lowest BCUT2D eigenvalue weighted by molar-refractivity contribution is -0.198. The summed E-state index contributed by atoms with van der Waals surface area (Å²) in [5.41, 5.74) is -2.80. The van der Waals surface area contributed by atoms with Crippen LogP contribution in [0.15, 0.2) is 12.2 Å². The molecule has 2 aliphatic rings. The molecule has 1 saturated heterocycles. The number of amides is 4. The van der Waals surface area contributed by atoms with Crippen molar-refractivity contribution in [2.24, 2.45) is 5.41 Å². The molecule has 11 nitrogen and oxygen atoms in total. The molecule has 2 heterocycles. The van der Waals surface area contributed by atoms with Crippen molar-refractivity contribution < 1.29 is 41.8 Å². The van der Waals surface area contributed by atoms with E-state index in [0.717, 1.165) is 17.1 Å². The SMILES string of the molecule is CC(C)(CC(C)(C)N1C(=O)C=CC1=O)C(C(=O)ON1C(=O)CCC1=O)S(=O)(=O)O. The maximum atomic E-state index is 12.6. The lowest BCUT2D eigenvalue weighted by atomic mass is 9.76. The Morgan fingerprint density at radius 2 is 1.52 bits per heavy atom. The molecule has 1 N–H and O–H groups in total. The van der Waals surface area contributed by atoms with Gasteiger partial charge in [0.15, 0.2) is 5.25 Å². The Balaban J connectivity index is 2.32. The van der Waals surface area contributed by atoms with E-state index in [2.05, 4.69) is 4.84 Å². The normalized spacial score (nSPS) is 19.3. The molecule has 0 aromatic heterocycles. The van der Waals surface area contributed by atoms with Gasteiger partial charge >= 0.3 is 5.97 Å². The summed E-state index contributed by atoms with van der Waals surface area (Å²) in [5.74, 6) is -4.34. The molecule has 160 valence electrons. The van der Waals surface area contributed by atoms with Crippen LogP contribution in [0.1, 0.15) is 47.0 Å². The van der Waals surface area contributed by atoms with Gasteiger partial charge in [0, 0.05) is 30.5 Å². The number of imide groups is 2. The van der Waals surface area contributed by atoms with E-state index in [1.165, 1.54) is 27.7 Å². The van der Waals surface area contributed by atoms with E-state index in [9.17, 15) is 36.9 Å². The van der Waals surface area contributed by atoms with Gasteiger partial charge in [-0.3, -0.25) is 28.6 Å². The van der Waals surface area contributed by atoms with Crippen LogP contribution in [0.4, 0.5) is 0 Å². The Morgan fingerprint density at radius 1 is 1.07 bits per heavy atom. The Morgan fingerprint density at radius 3 is 1.93 bits per heavy atom. The van der Waals surface area contributed by atoms with Crippen LogP contribution in [0.3, 0.4) is 0 Å². The van der Waals surface area contributed by atoms with Gasteiger partial charge in [0.1, 0.15) is 0 Å². The van der Waals surface area contributed by atoms with E-state index >= 15 is 0 Å². The van der Waals surface area contributed by atoms with Gasteiger partial charge in [0.05, 0.1) is 0 Å². The van der Waals surface area contributed by atoms with Crippen LogP contribution < -0.4 is 0 Å². The molecule has 0 radical (unpaired) electrons. The first-order valence-corrected chi connectivity index (χ1v) is 10.2. The largest absolute Gasteiger partial charge is 0.354 e. The lowest BCUT2D eigenvalue weighted by Crippen LogP contribution is -2.54. The van der Waals surface area contributed by atoms with Gasteiger partial charge in [-0.15, -0.1) is 5.06 Å². The molecule has 0 aliphatic carbocycles. The number of nitrogens with zero attached hydrogens (tertiary/aromatic N) is 2. The Bertz CT molecular complexity index is 883. The zero-order valence-electron chi connectivity index (χ0n) is 16.4. The Hall–Kier alpha value is -2.60. The van der Waals surface area contributed by atoms with Crippen molar-refractivity contribution in [2.75, 3.05) is 0 Å². The quantitative estimate of drug-likeness (QED) is 0.433. The van der Waals surface area contributed by atoms with Gasteiger partial charge in [-0.2, -0.15) is 8.42 Å². The number of hydrogen-bond acceptors (Lipinski definition) is 8. The topological polar surface area (TPSA) is 155 Å². The average Bonchev–Trinajstić information content (AvgIpc) is 3.00. The van der Waals surface area contributed by atoms with Crippen LogP contribution in [0.25, 0.3) is 0 Å². The molecule has 4 amide bonds. The molecule has 2 aliphatic heterocycles. The van der Waals surface area contributed by atoms with Gasteiger partial charge in [-0.25, -0.2) is 4.79 Å².